The Morgan fingerprint density at radius 1 is 1.10 bits per heavy atom. The summed E-state index contributed by atoms with van der Waals surface area (Å²) in [5.74, 6) is -3.75. The molecule has 2 N–H and O–H groups in total. The van der Waals surface area contributed by atoms with E-state index >= 15 is 0 Å². The van der Waals surface area contributed by atoms with Crippen LogP contribution in [0.15, 0.2) is 59.6 Å². The molecule has 0 aliphatic carbocycles. The van der Waals surface area contributed by atoms with Crippen LogP contribution < -0.4 is 5.73 Å². The standard InChI is InChI=1S/C13H12F2N2O3S/c14-13(15,11-8-4-5-9-17-11)12(16)20-21(18,19)10-6-2-1-3-7-10/h1-9,12H,16H2. The predicted octanol–water partition coefficient (Wildman–Crippen LogP) is 1.86. The van der Waals surface area contributed by atoms with Crippen molar-refractivity contribution in [2.45, 2.75) is 17.0 Å². The second kappa shape index (κ2) is 5.84. The van der Waals surface area contributed by atoms with Gasteiger partial charge in [0.05, 0.1) is 4.90 Å². The Bertz CT molecular complexity index is 694. The van der Waals surface area contributed by atoms with Crippen molar-refractivity contribution in [1.29, 1.82) is 0 Å². The molecule has 0 saturated heterocycles. The highest BCUT2D eigenvalue weighted by molar-refractivity contribution is 7.86. The van der Waals surface area contributed by atoms with Gasteiger partial charge in [0.2, 0.25) is 0 Å². The van der Waals surface area contributed by atoms with E-state index in [0.717, 1.165) is 12.3 Å². The van der Waals surface area contributed by atoms with Crippen LogP contribution in [-0.4, -0.2) is 19.6 Å². The third kappa shape index (κ3) is 3.41. The van der Waals surface area contributed by atoms with Gasteiger partial charge in [0.1, 0.15) is 5.69 Å². The number of aromatic nitrogens is 1. The number of halogens is 2. The molecule has 112 valence electrons. The normalized spacial score (nSPS) is 13.9. The van der Waals surface area contributed by atoms with Gasteiger partial charge in [-0.3, -0.25) is 10.7 Å². The SMILES string of the molecule is NC(OS(=O)(=O)c1ccccc1)C(F)(F)c1ccccn1. The number of rotatable bonds is 5. The molecule has 1 aromatic heterocycles. The van der Waals surface area contributed by atoms with Gasteiger partial charge in [-0.05, 0) is 24.3 Å². The minimum Gasteiger partial charge on any atom is -0.299 e. The van der Waals surface area contributed by atoms with E-state index < -0.39 is 28.0 Å². The van der Waals surface area contributed by atoms with Gasteiger partial charge in [-0.25, -0.2) is 4.18 Å². The highest BCUT2D eigenvalue weighted by atomic mass is 32.2. The maximum absolute atomic E-state index is 14.0. The lowest BCUT2D eigenvalue weighted by molar-refractivity contribution is -0.101. The predicted molar refractivity (Wildman–Crippen MR) is 70.8 cm³/mol. The first-order chi connectivity index (χ1) is 9.84. The molecule has 1 unspecified atom stereocenters. The number of benzene rings is 1. The Balaban J connectivity index is 2.24. The summed E-state index contributed by atoms with van der Waals surface area (Å²) in [6.07, 6.45) is -1.22. The fourth-order valence-electron chi connectivity index (χ4n) is 1.55. The van der Waals surface area contributed by atoms with Crippen molar-refractivity contribution in [2.75, 3.05) is 0 Å². The summed E-state index contributed by atoms with van der Waals surface area (Å²) in [7, 11) is -4.38. The summed E-state index contributed by atoms with van der Waals surface area (Å²) >= 11 is 0. The third-order valence-electron chi connectivity index (χ3n) is 2.63. The molecule has 0 aliphatic heterocycles. The zero-order chi connectivity index (χ0) is 15.5. The van der Waals surface area contributed by atoms with E-state index in [1.54, 1.807) is 6.07 Å². The maximum atomic E-state index is 14.0. The van der Waals surface area contributed by atoms with Crippen LogP contribution in [0.3, 0.4) is 0 Å². The fraction of sp³-hybridized carbons (Fsp3) is 0.154. The number of nitrogens with two attached hydrogens (primary N) is 1. The Morgan fingerprint density at radius 3 is 2.29 bits per heavy atom. The van der Waals surface area contributed by atoms with Crippen molar-refractivity contribution in [2.24, 2.45) is 5.73 Å². The van der Waals surface area contributed by atoms with Gasteiger partial charge >= 0.3 is 5.92 Å². The van der Waals surface area contributed by atoms with Gasteiger partial charge in [0, 0.05) is 6.20 Å². The van der Waals surface area contributed by atoms with Crippen LogP contribution >= 0.6 is 0 Å². The number of hydrogen-bond acceptors (Lipinski definition) is 5. The highest BCUT2D eigenvalue weighted by Gasteiger charge is 2.44. The molecule has 2 aromatic rings. The molecule has 1 aromatic carbocycles. The zero-order valence-electron chi connectivity index (χ0n) is 10.7. The molecule has 0 bridgehead atoms. The third-order valence-corrected chi connectivity index (χ3v) is 3.94. The highest BCUT2D eigenvalue weighted by Crippen LogP contribution is 2.31. The van der Waals surface area contributed by atoms with Crippen LogP contribution in [0, 0.1) is 0 Å². The smallest absolute Gasteiger partial charge is 0.299 e. The Hall–Kier alpha value is -1.90. The van der Waals surface area contributed by atoms with E-state index in [2.05, 4.69) is 9.17 Å². The van der Waals surface area contributed by atoms with E-state index in [4.69, 9.17) is 5.73 Å². The second-order valence-corrected chi connectivity index (χ2v) is 5.69. The molecule has 0 spiro atoms. The molecule has 1 heterocycles. The van der Waals surface area contributed by atoms with Crippen molar-refractivity contribution in [3.8, 4) is 0 Å². The van der Waals surface area contributed by atoms with Crippen molar-refractivity contribution >= 4 is 10.1 Å². The van der Waals surface area contributed by atoms with Gasteiger partial charge in [0.25, 0.3) is 10.1 Å². The van der Waals surface area contributed by atoms with E-state index in [1.165, 1.54) is 36.4 Å². The van der Waals surface area contributed by atoms with Crippen molar-refractivity contribution < 1.29 is 21.4 Å². The fourth-order valence-corrected chi connectivity index (χ4v) is 2.54. The van der Waals surface area contributed by atoms with Crippen molar-refractivity contribution in [3.63, 3.8) is 0 Å². The molecule has 5 nitrogen and oxygen atoms in total. The van der Waals surface area contributed by atoms with Gasteiger partial charge in [-0.1, -0.05) is 24.3 Å². The lowest BCUT2D eigenvalue weighted by atomic mass is 10.2. The first kappa shape index (κ1) is 15.5. The van der Waals surface area contributed by atoms with E-state index in [1.807, 2.05) is 0 Å². The lowest BCUT2D eigenvalue weighted by Gasteiger charge is -2.22. The summed E-state index contributed by atoms with van der Waals surface area (Å²) in [5.41, 5.74) is 4.55. The summed E-state index contributed by atoms with van der Waals surface area (Å²) in [4.78, 5) is 3.22. The van der Waals surface area contributed by atoms with E-state index in [-0.39, 0.29) is 4.90 Å². The summed E-state index contributed by atoms with van der Waals surface area (Å²) in [6.45, 7) is 0. The van der Waals surface area contributed by atoms with Crippen LogP contribution in [0.4, 0.5) is 8.78 Å². The first-order valence-corrected chi connectivity index (χ1v) is 7.28. The summed E-state index contributed by atoms with van der Waals surface area (Å²) in [5, 5.41) is 0. The van der Waals surface area contributed by atoms with Crippen LogP contribution in [-0.2, 0) is 20.2 Å². The topological polar surface area (TPSA) is 82.3 Å². The second-order valence-electron chi connectivity index (χ2n) is 4.12. The monoisotopic (exact) mass is 314 g/mol. The van der Waals surface area contributed by atoms with Gasteiger partial charge < -0.3 is 0 Å². The molecule has 0 fully saturated rings. The Kier molecular flexibility index (Phi) is 4.31. The van der Waals surface area contributed by atoms with E-state index in [0.29, 0.717) is 0 Å². The largest absolute Gasteiger partial charge is 0.329 e. The first-order valence-electron chi connectivity index (χ1n) is 5.87. The average molecular weight is 314 g/mol. The number of pyridine rings is 1. The van der Waals surface area contributed by atoms with Crippen LogP contribution in [0.25, 0.3) is 0 Å². The Labute approximate surface area is 120 Å². The molecular formula is C13H12F2N2O3S. The molecule has 0 radical (unpaired) electrons. The molecule has 0 amide bonds. The summed E-state index contributed by atoms with van der Waals surface area (Å²) in [6, 6.07) is 10.8. The molecule has 0 aliphatic rings. The molecule has 0 saturated carbocycles. The van der Waals surface area contributed by atoms with Gasteiger partial charge in [0.15, 0.2) is 6.23 Å². The van der Waals surface area contributed by atoms with Crippen LogP contribution in [0.5, 0.6) is 0 Å². The zero-order valence-corrected chi connectivity index (χ0v) is 11.5. The Morgan fingerprint density at radius 2 is 1.71 bits per heavy atom. The maximum Gasteiger partial charge on any atom is 0.329 e. The van der Waals surface area contributed by atoms with Crippen molar-refractivity contribution in [1.82, 2.24) is 4.98 Å². The van der Waals surface area contributed by atoms with Crippen LogP contribution in [0.2, 0.25) is 0 Å². The number of alkyl halides is 2. The molecule has 21 heavy (non-hydrogen) atoms. The van der Waals surface area contributed by atoms with Gasteiger partial charge in [-0.15, -0.1) is 0 Å². The molecule has 1 atom stereocenters. The average Bonchev–Trinajstić information content (AvgIpc) is 2.48. The quantitative estimate of drug-likeness (QED) is 0.673. The van der Waals surface area contributed by atoms with E-state index in [9.17, 15) is 17.2 Å². The lowest BCUT2D eigenvalue weighted by Crippen LogP contribution is -2.42. The molecule has 8 heteroatoms. The van der Waals surface area contributed by atoms with Gasteiger partial charge in [-0.2, -0.15) is 17.2 Å². The molecular weight excluding hydrogens is 302 g/mol. The molecule has 2 rings (SSSR count). The number of hydrogen-bond donors (Lipinski definition) is 1. The number of nitrogens with zero attached hydrogens (tertiary/aromatic N) is 1. The minimum atomic E-state index is -4.38. The van der Waals surface area contributed by atoms with Crippen molar-refractivity contribution in [3.05, 3.63) is 60.4 Å². The van der Waals surface area contributed by atoms with Crippen LogP contribution in [0.1, 0.15) is 5.69 Å². The minimum absolute atomic E-state index is 0.253. The summed E-state index contributed by atoms with van der Waals surface area (Å²) < 4.78 is 56.2.